The van der Waals surface area contributed by atoms with Crippen molar-refractivity contribution >= 4 is 0 Å². The number of alkyl halides is 3. The summed E-state index contributed by atoms with van der Waals surface area (Å²) in [7, 11) is 0. The van der Waals surface area contributed by atoms with Crippen molar-refractivity contribution in [3.63, 3.8) is 0 Å². The molecule has 0 spiro atoms. The standard InChI is InChI=1S/C14H17F3N4O/c1-9-10(19-8-22-9)6-18-7-11-12-4-2-3-5-21(12)13(20-11)14(15,16)17/h8,18H,2-7H2,1H3. The molecule has 0 aromatic carbocycles. The molecule has 2 aromatic heterocycles. The van der Waals surface area contributed by atoms with Crippen molar-refractivity contribution in [2.45, 2.75) is 52.0 Å². The van der Waals surface area contributed by atoms with Crippen LogP contribution >= 0.6 is 0 Å². The Bertz CT molecular complexity index is 660. The van der Waals surface area contributed by atoms with Gasteiger partial charge in [0.05, 0.1) is 11.4 Å². The predicted molar refractivity (Wildman–Crippen MR) is 72.0 cm³/mol. The third-order valence-electron chi connectivity index (χ3n) is 3.88. The molecule has 3 heterocycles. The zero-order chi connectivity index (χ0) is 15.7. The summed E-state index contributed by atoms with van der Waals surface area (Å²) in [6.45, 7) is 2.91. The van der Waals surface area contributed by atoms with Crippen LogP contribution in [0.1, 0.15) is 41.5 Å². The van der Waals surface area contributed by atoms with Gasteiger partial charge in [-0.1, -0.05) is 0 Å². The summed E-state index contributed by atoms with van der Waals surface area (Å²) in [5.74, 6) is -0.0769. The van der Waals surface area contributed by atoms with E-state index in [1.807, 2.05) is 0 Å². The number of aromatic nitrogens is 3. The molecule has 22 heavy (non-hydrogen) atoms. The molecule has 8 heteroatoms. The van der Waals surface area contributed by atoms with Crippen LogP contribution in [-0.2, 0) is 32.2 Å². The third kappa shape index (κ3) is 2.87. The molecule has 0 amide bonds. The Hall–Kier alpha value is -1.83. The minimum absolute atomic E-state index is 0.289. The number of nitrogens with one attached hydrogen (secondary N) is 1. The number of fused-ring (bicyclic) bond motifs is 1. The van der Waals surface area contributed by atoms with Crippen molar-refractivity contribution in [1.82, 2.24) is 19.9 Å². The van der Waals surface area contributed by atoms with E-state index in [0.717, 1.165) is 18.5 Å². The Morgan fingerprint density at radius 2 is 2.05 bits per heavy atom. The molecule has 0 fully saturated rings. The van der Waals surface area contributed by atoms with Gasteiger partial charge in [0.2, 0.25) is 5.82 Å². The van der Waals surface area contributed by atoms with Crippen LogP contribution < -0.4 is 5.32 Å². The number of oxazole rings is 1. The fourth-order valence-electron chi connectivity index (χ4n) is 2.77. The second kappa shape index (κ2) is 5.75. The highest BCUT2D eigenvalue weighted by Gasteiger charge is 2.39. The Morgan fingerprint density at radius 3 is 2.73 bits per heavy atom. The number of halogens is 3. The van der Waals surface area contributed by atoms with E-state index in [-0.39, 0.29) is 6.54 Å². The number of hydrogen-bond donors (Lipinski definition) is 1. The first-order valence-electron chi connectivity index (χ1n) is 7.22. The summed E-state index contributed by atoms with van der Waals surface area (Å²) in [5.41, 5.74) is 1.93. The Morgan fingerprint density at radius 1 is 1.27 bits per heavy atom. The first-order valence-corrected chi connectivity index (χ1v) is 7.22. The molecule has 3 rings (SSSR count). The lowest BCUT2D eigenvalue weighted by Gasteiger charge is -2.18. The first-order chi connectivity index (χ1) is 10.5. The second-order valence-electron chi connectivity index (χ2n) is 5.39. The number of rotatable bonds is 4. The van der Waals surface area contributed by atoms with E-state index in [4.69, 9.17) is 4.42 Å². The lowest BCUT2D eigenvalue weighted by Crippen LogP contribution is -2.19. The van der Waals surface area contributed by atoms with Crippen LogP contribution in [0.3, 0.4) is 0 Å². The Balaban J connectivity index is 1.76. The fourth-order valence-corrected chi connectivity index (χ4v) is 2.77. The molecule has 0 saturated heterocycles. The molecule has 0 atom stereocenters. The van der Waals surface area contributed by atoms with Gasteiger partial charge in [-0.15, -0.1) is 0 Å². The number of imidazole rings is 1. The lowest BCUT2D eigenvalue weighted by molar-refractivity contribution is -0.147. The smallest absolute Gasteiger partial charge is 0.448 e. The zero-order valence-corrected chi connectivity index (χ0v) is 12.2. The largest absolute Gasteiger partial charge is 0.449 e. The maximum Gasteiger partial charge on any atom is 0.449 e. The molecule has 0 saturated carbocycles. The first kappa shape index (κ1) is 15.1. The van der Waals surface area contributed by atoms with E-state index in [0.29, 0.717) is 36.7 Å². The average molecular weight is 314 g/mol. The Labute approximate surface area is 125 Å². The zero-order valence-electron chi connectivity index (χ0n) is 12.2. The maximum absolute atomic E-state index is 13.1. The molecule has 0 unspecified atom stereocenters. The van der Waals surface area contributed by atoms with Gasteiger partial charge in [0.1, 0.15) is 5.76 Å². The molecule has 5 nitrogen and oxygen atoms in total. The summed E-state index contributed by atoms with van der Waals surface area (Å²) in [4.78, 5) is 7.88. The summed E-state index contributed by atoms with van der Waals surface area (Å²) in [5, 5.41) is 3.09. The summed E-state index contributed by atoms with van der Waals surface area (Å²) >= 11 is 0. The number of nitrogens with zero attached hydrogens (tertiary/aromatic N) is 3. The summed E-state index contributed by atoms with van der Waals surface area (Å²) in [6.07, 6.45) is -0.751. The van der Waals surface area contributed by atoms with E-state index < -0.39 is 12.0 Å². The van der Waals surface area contributed by atoms with Gasteiger partial charge in [0, 0.05) is 25.3 Å². The quantitative estimate of drug-likeness (QED) is 0.943. The van der Waals surface area contributed by atoms with E-state index in [1.54, 1.807) is 6.92 Å². The van der Waals surface area contributed by atoms with Gasteiger partial charge in [-0.25, -0.2) is 9.97 Å². The van der Waals surface area contributed by atoms with Gasteiger partial charge in [-0.05, 0) is 26.2 Å². The van der Waals surface area contributed by atoms with Crippen LogP contribution in [0.5, 0.6) is 0 Å². The van der Waals surface area contributed by atoms with Crippen LogP contribution in [0.15, 0.2) is 10.8 Å². The van der Waals surface area contributed by atoms with E-state index in [2.05, 4.69) is 15.3 Å². The number of hydrogen-bond acceptors (Lipinski definition) is 4. The molecule has 1 aliphatic heterocycles. The van der Waals surface area contributed by atoms with Gasteiger partial charge >= 0.3 is 6.18 Å². The van der Waals surface area contributed by atoms with E-state index in [9.17, 15) is 13.2 Å². The van der Waals surface area contributed by atoms with Crippen molar-refractivity contribution in [1.29, 1.82) is 0 Å². The molecule has 1 aliphatic rings. The topological polar surface area (TPSA) is 55.9 Å². The van der Waals surface area contributed by atoms with Crippen LogP contribution in [-0.4, -0.2) is 14.5 Å². The fraction of sp³-hybridized carbons (Fsp3) is 0.571. The highest BCUT2D eigenvalue weighted by atomic mass is 19.4. The monoisotopic (exact) mass is 314 g/mol. The summed E-state index contributed by atoms with van der Waals surface area (Å²) in [6, 6.07) is 0. The molecular formula is C14H17F3N4O. The highest BCUT2D eigenvalue weighted by Crippen LogP contribution is 2.32. The molecule has 0 radical (unpaired) electrons. The Kier molecular flexibility index (Phi) is 3.94. The van der Waals surface area contributed by atoms with Crippen LogP contribution in [0.4, 0.5) is 13.2 Å². The van der Waals surface area contributed by atoms with E-state index >= 15 is 0 Å². The van der Waals surface area contributed by atoms with E-state index in [1.165, 1.54) is 11.0 Å². The molecular weight excluding hydrogens is 297 g/mol. The van der Waals surface area contributed by atoms with Crippen LogP contribution in [0.25, 0.3) is 0 Å². The van der Waals surface area contributed by atoms with Crippen LogP contribution in [0.2, 0.25) is 0 Å². The van der Waals surface area contributed by atoms with Gasteiger partial charge in [-0.3, -0.25) is 0 Å². The van der Waals surface area contributed by atoms with Gasteiger partial charge in [0.15, 0.2) is 6.39 Å². The van der Waals surface area contributed by atoms with Gasteiger partial charge in [-0.2, -0.15) is 13.2 Å². The lowest BCUT2D eigenvalue weighted by atomic mass is 10.1. The number of aryl methyl sites for hydroxylation is 1. The van der Waals surface area contributed by atoms with Crippen molar-refractivity contribution in [2.75, 3.05) is 0 Å². The van der Waals surface area contributed by atoms with Crippen molar-refractivity contribution in [2.24, 2.45) is 0 Å². The molecule has 0 aliphatic carbocycles. The molecule has 0 bridgehead atoms. The normalized spacial score (nSPS) is 15.1. The highest BCUT2D eigenvalue weighted by molar-refractivity contribution is 5.21. The van der Waals surface area contributed by atoms with Gasteiger partial charge < -0.3 is 14.3 Å². The summed E-state index contributed by atoms with van der Waals surface area (Å²) < 4.78 is 45.6. The van der Waals surface area contributed by atoms with Crippen molar-refractivity contribution < 1.29 is 17.6 Å². The van der Waals surface area contributed by atoms with Crippen molar-refractivity contribution in [3.8, 4) is 0 Å². The second-order valence-corrected chi connectivity index (χ2v) is 5.39. The minimum atomic E-state index is -4.41. The maximum atomic E-state index is 13.1. The predicted octanol–water partition coefficient (Wildman–Crippen LogP) is 2.82. The molecule has 1 N–H and O–H groups in total. The third-order valence-corrected chi connectivity index (χ3v) is 3.88. The van der Waals surface area contributed by atoms with Gasteiger partial charge in [0.25, 0.3) is 0 Å². The van der Waals surface area contributed by atoms with Crippen LogP contribution in [0, 0.1) is 6.92 Å². The minimum Gasteiger partial charge on any atom is -0.448 e. The SMILES string of the molecule is Cc1ocnc1CNCc1nc(C(F)(F)F)n2c1CCCC2. The molecule has 120 valence electrons. The molecule has 2 aromatic rings. The van der Waals surface area contributed by atoms with Crippen molar-refractivity contribution in [3.05, 3.63) is 35.1 Å². The average Bonchev–Trinajstić information content (AvgIpc) is 3.03.